The predicted molar refractivity (Wildman–Crippen MR) is 81.1 cm³/mol. The molecule has 124 valence electrons. The lowest BCUT2D eigenvalue weighted by molar-refractivity contribution is -0.137. The molecule has 1 N–H and O–H groups in total. The number of benzene rings is 2. The zero-order chi connectivity index (χ0) is 17.4. The Hall–Kier alpha value is -1.61. The Kier molecular flexibility index (Phi) is 4.72. The average molecular weight is 412 g/mol. The second kappa shape index (κ2) is 6.12. The highest BCUT2D eigenvalue weighted by molar-refractivity contribution is 9.10. The van der Waals surface area contributed by atoms with E-state index in [1.807, 2.05) is 0 Å². The Labute approximate surface area is 138 Å². The Bertz CT molecular complexity index is 850. The maximum atomic E-state index is 13.0. The molecule has 0 fully saturated rings. The van der Waals surface area contributed by atoms with Gasteiger partial charge in [-0.15, -0.1) is 0 Å². The summed E-state index contributed by atoms with van der Waals surface area (Å²) in [7, 11) is -4.26. The van der Waals surface area contributed by atoms with E-state index in [1.165, 1.54) is 13.0 Å². The van der Waals surface area contributed by atoms with Crippen LogP contribution in [-0.4, -0.2) is 8.42 Å². The second-order valence-electron chi connectivity index (χ2n) is 4.74. The molecule has 9 heteroatoms. The molecule has 0 aliphatic rings. The van der Waals surface area contributed by atoms with Crippen LogP contribution in [0, 0.1) is 12.7 Å². The van der Waals surface area contributed by atoms with E-state index in [0.29, 0.717) is 11.6 Å². The van der Waals surface area contributed by atoms with E-state index in [1.54, 1.807) is 0 Å². The Balaban J connectivity index is 2.46. The molecule has 3 nitrogen and oxygen atoms in total. The first-order valence-corrected chi connectivity index (χ1v) is 8.43. The lowest BCUT2D eigenvalue weighted by Crippen LogP contribution is -2.15. The molecule has 0 bridgehead atoms. The summed E-state index contributed by atoms with van der Waals surface area (Å²) in [5, 5.41) is 0. The van der Waals surface area contributed by atoms with Crippen LogP contribution in [0.2, 0.25) is 0 Å². The van der Waals surface area contributed by atoms with E-state index >= 15 is 0 Å². The quantitative estimate of drug-likeness (QED) is 0.742. The van der Waals surface area contributed by atoms with Crippen LogP contribution in [-0.2, 0) is 16.2 Å². The molecular formula is C14H10BrF4NO2S. The zero-order valence-electron chi connectivity index (χ0n) is 11.6. The van der Waals surface area contributed by atoms with Crippen LogP contribution in [0.15, 0.2) is 45.8 Å². The van der Waals surface area contributed by atoms with Gasteiger partial charge >= 0.3 is 6.18 Å². The molecule has 0 unspecified atom stereocenters. The van der Waals surface area contributed by atoms with Crippen LogP contribution in [0.1, 0.15) is 11.1 Å². The fourth-order valence-corrected chi connectivity index (χ4v) is 3.67. The SMILES string of the molecule is Cc1cc(F)ccc1NS(=O)(=O)c1cc(Br)cc(C(F)(F)F)c1. The van der Waals surface area contributed by atoms with Crippen LogP contribution >= 0.6 is 15.9 Å². The summed E-state index contributed by atoms with van der Waals surface area (Å²) in [5.41, 5.74) is -0.706. The minimum atomic E-state index is -4.68. The fraction of sp³-hybridized carbons (Fsp3) is 0.143. The predicted octanol–water partition coefficient (Wildman–Crippen LogP) is 4.72. The summed E-state index contributed by atoms with van der Waals surface area (Å²) in [6, 6.07) is 5.72. The maximum absolute atomic E-state index is 13.0. The number of sulfonamides is 1. The molecule has 0 heterocycles. The summed E-state index contributed by atoms with van der Waals surface area (Å²) < 4.78 is 78.1. The maximum Gasteiger partial charge on any atom is 0.416 e. The van der Waals surface area contributed by atoms with Gasteiger partial charge in [-0.05, 0) is 48.9 Å². The first kappa shape index (κ1) is 17.7. The van der Waals surface area contributed by atoms with Gasteiger partial charge in [-0.3, -0.25) is 4.72 Å². The van der Waals surface area contributed by atoms with Gasteiger partial charge in [0.15, 0.2) is 0 Å². The Morgan fingerprint density at radius 1 is 1.09 bits per heavy atom. The Morgan fingerprint density at radius 2 is 1.74 bits per heavy atom. The normalized spacial score (nSPS) is 12.3. The molecule has 0 saturated heterocycles. The van der Waals surface area contributed by atoms with Gasteiger partial charge in [-0.25, -0.2) is 12.8 Å². The van der Waals surface area contributed by atoms with Crippen molar-refractivity contribution in [1.29, 1.82) is 0 Å². The summed E-state index contributed by atoms with van der Waals surface area (Å²) in [6.45, 7) is 1.48. The van der Waals surface area contributed by atoms with E-state index in [0.717, 1.165) is 24.3 Å². The first-order chi connectivity index (χ1) is 10.5. The third-order valence-corrected chi connectivity index (χ3v) is 4.74. The molecule has 2 aromatic rings. The number of hydrogen-bond donors (Lipinski definition) is 1. The molecule has 0 saturated carbocycles. The number of rotatable bonds is 3. The van der Waals surface area contributed by atoms with Crippen molar-refractivity contribution < 1.29 is 26.0 Å². The molecule has 0 atom stereocenters. The summed E-state index contributed by atoms with van der Waals surface area (Å²) in [6.07, 6.45) is -4.68. The first-order valence-electron chi connectivity index (χ1n) is 6.16. The number of alkyl halides is 3. The summed E-state index contributed by atoms with van der Waals surface area (Å²) in [4.78, 5) is -0.553. The number of aryl methyl sites for hydroxylation is 1. The van der Waals surface area contributed by atoms with Crippen molar-refractivity contribution >= 4 is 31.6 Å². The van der Waals surface area contributed by atoms with Gasteiger partial charge in [0.25, 0.3) is 10.0 Å². The van der Waals surface area contributed by atoms with Crippen molar-refractivity contribution in [2.75, 3.05) is 4.72 Å². The molecule has 0 amide bonds. The highest BCUT2D eigenvalue weighted by Crippen LogP contribution is 2.33. The van der Waals surface area contributed by atoms with Crippen LogP contribution < -0.4 is 4.72 Å². The van der Waals surface area contributed by atoms with Crippen molar-refractivity contribution in [3.05, 3.63) is 57.8 Å². The molecular weight excluding hydrogens is 402 g/mol. The van der Waals surface area contributed by atoms with E-state index in [-0.39, 0.29) is 10.2 Å². The highest BCUT2D eigenvalue weighted by atomic mass is 79.9. The van der Waals surface area contributed by atoms with Crippen molar-refractivity contribution in [2.24, 2.45) is 0 Å². The van der Waals surface area contributed by atoms with Gasteiger partial charge in [0.05, 0.1) is 16.1 Å². The minimum absolute atomic E-state index is 0.0245. The van der Waals surface area contributed by atoms with Gasteiger partial charge in [0.2, 0.25) is 0 Å². The molecule has 0 radical (unpaired) electrons. The third kappa shape index (κ3) is 4.23. The second-order valence-corrected chi connectivity index (χ2v) is 7.34. The van der Waals surface area contributed by atoms with Crippen molar-refractivity contribution in [1.82, 2.24) is 0 Å². The fourth-order valence-electron chi connectivity index (χ4n) is 1.83. The number of hydrogen-bond acceptors (Lipinski definition) is 2. The number of nitrogens with one attached hydrogen (secondary N) is 1. The molecule has 0 aliphatic heterocycles. The topological polar surface area (TPSA) is 46.2 Å². The van der Waals surface area contributed by atoms with E-state index in [2.05, 4.69) is 20.7 Å². The smallest absolute Gasteiger partial charge is 0.279 e. The molecule has 0 aliphatic carbocycles. The van der Waals surface area contributed by atoms with Crippen LogP contribution in [0.3, 0.4) is 0 Å². The van der Waals surface area contributed by atoms with Gasteiger partial charge < -0.3 is 0 Å². The summed E-state index contributed by atoms with van der Waals surface area (Å²) in [5.74, 6) is -0.549. The van der Waals surface area contributed by atoms with Gasteiger partial charge in [-0.2, -0.15) is 13.2 Å². The van der Waals surface area contributed by atoms with Crippen LogP contribution in [0.4, 0.5) is 23.2 Å². The van der Waals surface area contributed by atoms with Crippen molar-refractivity contribution in [3.8, 4) is 0 Å². The van der Waals surface area contributed by atoms with Crippen molar-refractivity contribution in [3.63, 3.8) is 0 Å². The minimum Gasteiger partial charge on any atom is -0.279 e. The highest BCUT2D eigenvalue weighted by Gasteiger charge is 2.32. The van der Waals surface area contributed by atoms with Crippen LogP contribution in [0.5, 0.6) is 0 Å². The standard InChI is InChI=1S/C14H10BrF4NO2S/c1-8-4-11(16)2-3-13(8)20-23(21,22)12-6-9(14(17,18)19)5-10(15)7-12/h2-7,20H,1H3. The largest absolute Gasteiger partial charge is 0.416 e. The van der Waals surface area contributed by atoms with E-state index < -0.39 is 32.5 Å². The van der Waals surface area contributed by atoms with Crippen molar-refractivity contribution in [2.45, 2.75) is 18.0 Å². The average Bonchev–Trinajstić information content (AvgIpc) is 2.40. The van der Waals surface area contributed by atoms with Gasteiger partial charge in [0.1, 0.15) is 5.82 Å². The molecule has 0 aromatic heterocycles. The molecule has 23 heavy (non-hydrogen) atoms. The van der Waals surface area contributed by atoms with E-state index in [4.69, 9.17) is 0 Å². The lowest BCUT2D eigenvalue weighted by atomic mass is 10.2. The van der Waals surface area contributed by atoms with Gasteiger partial charge in [0, 0.05) is 4.47 Å². The third-order valence-electron chi connectivity index (χ3n) is 2.94. The zero-order valence-corrected chi connectivity index (χ0v) is 14.0. The molecule has 2 aromatic carbocycles. The molecule has 0 spiro atoms. The number of halogens is 5. The van der Waals surface area contributed by atoms with Crippen LogP contribution in [0.25, 0.3) is 0 Å². The Morgan fingerprint density at radius 3 is 2.30 bits per heavy atom. The lowest BCUT2D eigenvalue weighted by Gasteiger charge is -2.13. The monoisotopic (exact) mass is 411 g/mol. The van der Waals surface area contributed by atoms with Gasteiger partial charge in [-0.1, -0.05) is 15.9 Å². The van der Waals surface area contributed by atoms with E-state index in [9.17, 15) is 26.0 Å². The summed E-state index contributed by atoms with van der Waals surface area (Å²) >= 11 is 2.87. The number of anilines is 1. The molecule has 2 rings (SSSR count).